The van der Waals surface area contributed by atoms with Gasteiger partial charge in [0.05, 0.1) is 17.1 Å². The van der Waals surface area contributed by atoms with Gasteiger partial charge in [-0.2, -0.15) is 0 Å². The molecule has 0 spiro atoms. The molecule has 2 atom stereocenters. The SMILES string of the molecule is CN=CC(=CNC1CCCNC1)c1c(Cl)cnc2ccc(N3CCC(F)C3)nc12. The van der Waals surface area contributed by atoms with E-state index in [1.54, 1.807) is 19.5 Å². The van der Waals surface area contributed by atoms with E-state index in [4.69, 9.17) is 16.6 Å². The molecule has 8 heteroatoms. The van der Waals surface area contributed by atoms with Crippen molar-refractivity contribution in [1.82, 2.24) is 20.6 Å². The van der Waals surface area contributed by atoms with E-state index in [0.29, 0.717) is 36.1 Å². The number of pyridine rings is 2. The summed E-state index contributed by atoms with van der Waals surface area (Å²) in [5, 5.41) is 7.41. The predicted octanol–water partition coefficient (Wildman–Crippen LogP) is 3.21. The Balaban J connectivity index is 1.73. The number of allylic oxidation sites excluding steroid dienone is 1. The van der Waals surface area contributed by atoms with E-state index < -0.39 is 6.17 Å². The number of piperidine rings is 1. The summed E-state index contributed by atoms with van der Waals surface area (Å²) in [6.07, 6.45) is 7.39. The highest BCUT2D eigenvalue weighted by molar-refractivity contribution is 6.35. The van der Waals surface area contributed by atoms with Gasteiger partial charge in [0.2, 0.25) is 0 Å². The van der Waals surface area contributed by atoms with Gasteiger partial charge >= 0.3 is 0 Å². The van der Waals surface area contributed by atoms with Crippen LogP contribution in [-0.2, 0) is 0 Å². The highest BCUT2D eigenvalue weighted by atomic mass is 35.5. The third-order valence-corrected chi connectivity index (χ3v) is 5.72. The number of aliphatic imine (C=N–C) groups is 1. The maximum absolute atomic E-state index is 13.7. The Morgan fingerprint density at radius 1 is 1.41 bits per heavy atom. The summed E-state index contributed by atoms with van der Waals surface area (Å²) in [5.74, 6) is 0.750. The molecule has 0 radical (unpaired) electrons. The number of aromatic nitrogens is 2. The van der Waals surface area contributed by atoms with Crippen LogP contribution < -0.4 is 15.5 Å². The summed E-state index contributed by atoms with van der Waals surface area (Å²) in [4.78, 5) is 15.4. The van der Waals surface area contributed by atoms with Crippen molar-refractivity contribution in [1.29, 1.82) is 0 Å². The molecule has 0 saturated carbocycles. The Labute approximate surface area is 175 Å². The van der Waals surface area contributed by atoms with Gasteiger partial charge in [-0.25, -0.2) is 9.37 Å². The molecular formula is C21H26ClFN6. The summed E-state index contributed by atoms with van der Waals surface area (Å²) in [6.45, 7) is 3.03. The molecule has 4 heterocycles. The average molecular weight is 417 g/mol. The smallest absolute Gasteiger partial charge is 0.129 e. The molecule has 0 aliphatic carbocycles. The van der Waals surface area contributed by atoms with E-state index >= 15 is 0 Å². The second-order valence-electron chi connectivity index (χ2n) is 7.55. The zero-order valence-electron chi connectivity index (χ0n) is 16.5. The number of alkyl halides is 1. The highest BCUT2D eigenvalue weighted by Crippen LogP contribution is 2.31. The van der Waals surface area contributed by atoms with Crippen LogP contribution in [0.15, 0.2) is 29.5 Å². The van der Waals surface area contributed by atoms with Crippen LogP contribution in [0.4, 0.5) is 10.2 Å². The second kappa shape index (κ2) is 9.05. The van der Waals surface area contributed by atoms with Gasteiger partial charge in [0.15, 0.2) is 0 Å². The van der Waals surface area contributed by atoms with Gasteiger partial charge in [-0.1, -0.05) is 11.6 Å². The molecule has 2 aliphatic rings. The molecule has 2 unspecified atom stereocenters. The first-order valence-corrected chi connectivity index (χ1v) is 10.5. The first-order chi connectivity index (χ1) is 14.2. The summed E-state index contributed by atoms with van der Waals surface area (Å²) < 4.78 is 13.7. The van der Waals surface area contributed by atoms with Crippen molar-refractivity contribution in [3.8, 4) is 0 Å². The third kappa shape index (κ3) is 4.51. The third-order valence-electron chi connectivity index (χ3n) is 5.43. The average Bonchev–Trinajstić information content (AvgIpc) is 3.18. The van der Waals surface area contributed by atoms with Crippen molar-refractivity contribution >= 4 is 40.2 Å². The number of nitrogens with one attached hydrogen (secondary N) is 2. The fourth-order valence-electron chi connectivity index (χ4n) is 3.92. The zero-order chi connectivity index (χ0) is 20.2. The van der Waals surface area contributed by atoms with Crippen molar-refractivity contribution in [3.05, 3.63) is 35.1 Å². The van der Waals surface area contributed by atoms with Crippen molar-refractivity contribution < 1.29 is 4.39 Å². The van der Waals surface area contributed by atoms with Crippen molar-refractivity contribution in [2.75, 3.05) is 38.1 Å². The van der Waals surface area contributed by atoms with Crippen molar-refractivity contribution in [2.45, 2.75) is 31.5 Å². The van der Waals surface area contributed by atoms with E-state index in [1.807, 2.05) is 23.2 Å². The molecule has 4 rings (SSSR count). The van der Waals surface area contributed by atoms with E-state index in [2.05, 4.69) is 20.6 Å². The number of halogens is 2. The minimum absolute atomic E-state index is 0.366. The van der Waals surface area contributed by atoms with Gasteiger partial charge < -0.3 is 15.5 Å². The Morgan fingerprint density at radius 3 is 3.03 bits per heavy atom. The van der Waals surface area contributed by atoms with Crippen LogP contribution in [0.25, 0.3) is 16.6 Å². The molecule has 6 nitrogen and oxygen atoms in total. The maximum Gasteiger partial charge on any atom is 0.129 e. The van der Waals surface area contributed by atoms with Gasteiger partial charge in [-0.05, 0) is 37.9 Å². The summed E-state index contributed by atoms with van der Waals surface area (Å²) in [5.41, 5.74) is 3.09. The standard InChI is InChI=1S/C21H26ClFN6/c1-24-9-14(10-26-16-3-2-7-25-11-16)20-17(22)12-27-18-4-5-19(28-21(18)20)29-8-6-15(23)13-29/h4-5,9-10,12,15-16,25-26H,2-3,6-8,11,13H2,1H3. The summed E-state index contributed by atoms with van der Waals surface area (Å²) in [6, 6.07) is 4.18. The van der Waals surface area contributed by atoms with Crippen LogP contribution in [0.5, 0.6) is 0 Å². The maximum atomic E-state index is 13.7. The predicted molar refractivity (Wildman–Crippen MR) is 118 cm³/mol. The molecule has 0 amide bonds. The van der Waals surface area contributed by atoms with E-state index in [-0.39, 0.29) is 0 Å². The van der Waals surface area contributed by atoms with E-state index in [1.165, 1.54) is 0 Å². The van der Waals surface area contributed by atoms with Crippen molar-refractivity contribution in [2.24, 2.45) is 4.99 Å². The van der Waals surface area contributed by atoms with Crippen LogP contribution in [0.3, 0.4) is 0 Å². The largest absolute Gasteiger partial charge is 0.386 e. The van der Waals surface area contributed by atoms with Crippen LogP contribution in [0, 0.1) is 0 Å². The fraction of sp³-hybridized carbons (Fsp3) is 0.476. The highest BCUT2D eigenvalue weighted by Gasteiger charge is 2.24. The van der Waals surface area contributed by atoms with Gasteiger partial charge in [0.25, 0.3) is 0 Å². The number of hydrogen-bond donors (Lipinski definition) is 2. The van der Waals surface area contributed by atoms with Crippen molar-refractivity contribution in [3.63, 3.8) is 0 Å². The zero-order valence-corrected chi connectivity index (χ0v) is 17.3. The number of fused-ring (bicyclic) bond motifs is 1. The Morgan fingerprint density at radius 2 is 2.31 bits per heavy atom. The van der Waals surface area contributed by atoms with Gasteiger partial charge in [-0.15, -0.1) is 0 Å². The molecule has 0 aromatic carbocycles. The Bertz CT molecular complexity index is 925. The van der Waals surface area contributed by atoms with Crippen LogP contribution >= 0.6 is 11.6 Å². The number of hydrogen-bond acceptors (Lipinski definition) is 6. The lowest BCUT2D eigenvalue weighted by atomic mass is 10.0. The Kier molecular flexibility index (Phi) is 6.25. The molecule has 2 fully saturated rings. The number of anilines is 1. The van der Waals surface area contributed by atoms with E-state index in [9.17, 15) is 4.39 Å². The molecular weight excluding hydrogens is 391 g/mol. The first kappa shape index (κ1) is 20.0. The molecule has 29 heavy (non-hydrogen) atoms. The molecule has 2 aliphatic heterocycles. The lowest BCUT2D eigenvalue weighted by Gasteiger charge is -2.23. The lowest BCUT2D eigenvalue weighted by Crippen LogP contribution is -2.41. The second-order valence-corrected chi connectivity index (χ2v) is 7.95. The normalized spacial score (nSPS) is 23.3. The van der Waals surface area contributed by atoms with Gasteiger partial charge in [-0.3, -0.25) is 9.98 Å². The molecule has 2 saturated heterocycles. The summed E-state index contributed by atoms with van der Waals surface area (Å²) in [7, 11) is 1.73. The molecule has 2 aromatic heterocycles. The van der Waals surface area contributed by atoms with Gasteiger partial charge in [0.1, 0.15) is 17.5 Å². The molecule has 2 aromatic rings. The quantitative estimate of drug-likeness (QED) is 0.733. The van der Waals surface area contributed by atoms with E-state index in [0.717, 1.165) is 48.4 Å². The van der Waals surface area contributed by atoms with Crippen LogP contribution in [-0.4, -0.2) is 61.6 Å². The van der Waals surface area contributed by atoms with Crippen LogP contribution in [0.2, 0.25) is 5.02 Å². The van der Waals surface area contributed by atoms with Crippen LogP contribution in [0.1, 0.15) is 24.8 Å². The lowest BCUT2D eigenvalue weighted by molar-refractivity contribution is 0.364. The number of rotatable bonds is 5. The molecule has 154 valence electrons. The monoisotopic (exact) mass is 416 g/mol. The summed E-state index contributed by atoms with van der Waals surface area (Å²) >= 11 is 6.57. The molecule has 2 N–H and O–H groups in total. The molecule has 0 bridgehead atoms. The Hall–Kier alpha value is -2.25. The number of nitrogens with zero attached hydrogens (tertiary/aromatic N) is 4. The minimum Gasteiger partial charge on any atom is -0.386 e. The first-order valence-electron chi connectivity index (χ1n) is 10.1. The van der Waals surface area contributed by atoms with Gasteiger partial charge in [0, 0.05) is 55.9 Å². The fourth-order valence-corrected chi connectivity index (χ4v) is 4.17. The topological polar surface area (TPSA) is 65.4 Å². The minimum atomic E-state index is -0.805.